The number of anilines is 1. The molecule has 1 aromatic carbocycles. The number of nitrogens with zero attached hydrogens (tertiary/aromatic N) is 6. The Labute approximate surface area is 276 Å². The fraction of sp³-hybridized carbons (Fsp3) is 0.588. The van der Waals surface area contributed by atoms with Gasteiger partial charge < -0.3 is 14.5 Å². The first-order chi connectivity index (χ1) is 22.6. The zero-order valence-electron chi connectivity index (χ0n) is 26.0. The summed E-state index contributed by atoms with van der Waals surface area (Å²) in [5.41, 5.74) is 1.34. The molecule has 47 heavy (non-hydrogen) atoms. The molecule has 5 atom stereocenters. The second kappa shape index (κ2) is 12.2. The van der Waals surface area contributed by atoms with E-state index in [1.54, 1.807) is 0 Å². The summed E-state index contributed by atoms with van der Waals surface area (Å²) in [6.45, 7) is 4.82. The Hall–Kier alpha value is -3.43. The van der Waals surface area contributed by atoms with Gasteiger partial charge >= 0.3 is 6.01 Å². The Morgan fingerprint density at radius 2 is 1.94 bits per heavy atom. The third-order valence-electron chi connectivity index (χ3n) is 11.3. The van der Waals surface area contributed by atoms with E-state index in [0.717, 1.165) is 17.5 Å². The number of nitriles is 1. The average molecular weight is 673 g/mol. The van der Waals surface area contributed by atoms with Crippen LogP contribution in [0, 0.1) is 17.2 Å². The maximum absolute atomic E-state index is 17.2. The van der Waals surface area contributed by atoms with Crippen LogP contribution >= 0.6 is 11.6 Å². The number of rotatable bonds is 7. The highest BCUT2D eigenvalue weighted by atomic mass is 35.5. The van der Waals surface area contributed by atoms with Gasteiger partial charge in [-0.1, -0.05) is 30.3 Å². The molecule has 0 radical (unpaired) electrons. The van der Waals surface area contributed by atoms with Crippen LogP contribution in [-0.2, 0) is 23.1 Å². The number of carbonyl (C=O) groups excluding carboxylic acids is 1. The minimum Gasteiger partial charge on any atom is -0.461 e. The van der Waals surface area contributed by atoms with Gasteiger partial charge in [-0.2, -0.15) is 15.2 Å². The van der Waals surface area contributed by atoms with E-state index < -0.39 is 47.2 Å². The molecule has 7 rings (SSSR count). The topological polar surface area (TPSA) is 85.6 Å². The number of hydrogen-bond donors (Lipinski definition) is 0. The molecule has 2 aliphatic carbocycles. The van der Waals surface area contributed by atoms with Crippen LogP contribution in [0.5, 0.6) is 6.01 Å². The fourth-order valence-electron chi connectivity index (χ4n) is 8.95. The minimum absolute atomic E-state index is 0.0306. The molecule has 13 heteroatoms. The molecule has 4 heterocycles. The lowest BCUT2D eigenvalue weighted by molar-refractivity contribution is -0.131. The quantitative estimate of drug-likeness (QED) is 0.268. The summed E-state index contributed by atoms with van der Waals surface area (Å²) in [6.07, 6.45) is 0.176. The SMILES string of the molecule is C=C(F)C(=O)N1CCN(c2nc(OC[C@@]34CCCN3C[C@@H](C(F)F)C4)nc3c2CC[C@@]2(CCc4c(Cl)cccc42)[C@H]3F)C[C@@H]1CC#N. The van der Waals surface area contributed by atoms with Crippen molar-refractivity contribution in [2.75, 3.05) is 44.2 Å². The lowest BCUT2D eigenvalue weighted by Crippen LogP contribution is -2.55. The van der Waals surface area contributed by atoms with Gasteiger partial charge in [0.1, 0.15) is 12.4 Å². The van der Waals surface area contributed by atoms with Crippen LogP contribution in [0.4, 0.5) is 23.4 Å². The van der Waals surface area contributed by atoms with Crippen molar-refractivity contribution >= 4 is 23.3 Å². The zero-order valence-corrected chi connectivity index (χ0v) is 26.8. The Morgan fingerprint density at radius 1 is 1.15 bits per heavy atom. The van der Waals surface area contributed by atoms with E-state index in [9.17, 15) is 23.2 Å². The maximum Gasteiger partial charge on any atom is 0.318 e. The first kappa shape index (κ1) is 32.1. The van der Waals surface area contributed by atoms with Gasteiger partial charge in [-0.05, 0) is 68.7 Å². The van der Waals surface area contributed by atoms with Crippen LogP contribution in [0.3, 0.4) is 0 Å². The largest absolute Gasteiger partial charge is 0.461 e. The van der Waals surface area contributed by atoms with E-state index in [4.69, 9.17) is 26.3 Å². The Balaban J connectivity index is 1.25. The summed E-state index contributed by atoms with van der Waals surface area (Å²) in [5, 5.41) is 10.1. The van der Waals surface area contributed by atoms with E-state index in [1.165, 1.54) is 4.90 Å². The third kappa shape index (κ3) is 5.34. The highest BCUT2D eigenvalue weighted by Gasteiger charge is 2.53. The van der Waals surface area contributed by atoms with Crippen LogP contribution < -0.4 is 9.64 Å². The van der Waals surface area contributed by atoms with Crippen molar-refractivity contribution in [3.8, 4) is 12.1 Å². The molecule has 0 saturated carbocycles. The van der Waals surface area contributed by atoms with Gasteiger partial charge in [0, 0.05) is 48.1 Å². The minimum atomic E-state index is -2.42. The van der Waals surface area contributed by atoms with Crippen molar-refractivity contribution in [3.63, 3.8) is 0 Å². The smallest absolute Gasteiger partial charge is 0.318 e. The average Bonchev–Trinajstić information content (AvgIpc) is 3.74. The molecule has 0 bridgehead atoms. The summed E-state index contributed by atoms with van der Waals surface area (Å²) in [5.74, 6) is -2.24. The van der Waals surface area contributed by atoms with Crippen molar-refractivity contribution in [1.82, 2.24) is 19.8 Å². The number of piperazine rings is 1. The highest BCUT2D eigenvalue weighted by Crippen LogP contribution is 2.57. The molecule has 250 valence electrons. The van der Waals surface area contributed by atoms with Crippen LogP contribution in [0.15, 0.2) is 30.6 Å². The van der Waals surface area contributed by atoms with Crippen molar-refractivity contribution in [1.29, 1.82) is 5.26 Å². The number of fused-ring (bicyclic) bond motifs is 4. The Kier molecular flexibility index (Phi) is 8.36. The van der Waals surface area contributed by atoms with Gasteiger partial charge in [-0.25, -0.2) is 17.6 Å². The maximum atomic E-state index is 17.2. The predicted molar refractivity (Wildman–Crippen MR) is 167 cm³/mol. The molecule has 3 saturated heterocycles. The fourth-order valence-corrected chi connectivity index (χ4v) is 9.22. The number of hydrogen-bond acceptors (Lipinski definition) is 7. The van der Waals surface area contributed by atoms with E-state index >= 15 is 4.39 Å². The van der Waals surface area contributed by atoms with Gasteiger partial charge in [0.05, 0.1) is 29.8 Å². The number of amides is 1. The molecule has 1 spiro atoms. The summed E-state index contributed by atoms with van der Waals surface area (Å²) >= 11 is 6.54. The first-order valence-electron chi connectivity index (χ1n) is 16.3. The van der Waals surface area contributed by atoms with E-state index in [1.807, 2.05) is 23.1 Å². The molecule has 8 nitrogen and oxygen atoms in total. The Bertz CT molecular complexity index is 1640. The summed E-state index contributed by atoms with van der Waals surface area (Å²) in [4.78, 5) is 27.3. The second-order valence-electron chi connectivity index (χ2n) is 13.7. The van der Waals surface area contributed by atoms with Crippen molar-refractivity contribution < 1.29 is 27.1 Å². The number of benzene rings is 1. The van der Waals surface area contributed by atoms with Crippen molar-refractivity contribution in [3.05, 3.63) is 58.0 Å². The summed E-state index contributed by atoms with van der Waals surface area (Å²) < 4.78 is 64.8. The lowest BCUT2D eigenvalue weighted by atomic mass is 9.68. The molecule has 0 unspecified atom stereocenters. The third-order valence-corrected chi connectivity index (χ3v) is 11.6. The van der Waals surface area contributed by atoms with E-state index in [0.29, 0.717) is 68.0 Å². The van der Waals surface area contributed by atoms with Gasteiger partial charge in [-0.15, -0.1) is 0 Å². The summed E-state index contributed by atoms with van der Waals surface area (Å²) in [7, 11) is 0. The molecular weight excluding hydrogens is 636 g/mol. The number of carbonyl (C=O) groups is 1. The molecule has 5 aliphatic rings. The molecule has 2 aromatic rings. The zero-order chi connectivity index (χ0) is 33.1. The standard InChI is InChI=1S/C34H37ClF4N6O2/c1-20(36)31(46)45-15-14-43(18-22(45)8-12-40)30-24-7-11-34(10-6-23-25(34)4-2-5-26(23)35)28(37)27(24)41-32(42-30)47-19-33-9-3-13-44(33)17-21(16-33)29(38)39/h2,4-5,21-22,28-29H,1,3,6-11,13-19H2/t21-,22-,28-,33-,34+/m0/s1. The molecule has 1 aromatic heterocycles. The normalized spacial score (nSPS) is 29.9. The molecule has 3 fully saturated rings. The number of aromatic nitrogens is 2. The predicted octanol–water partition coefficient (Wildman–Crippen LogP) is 5.88. The van der Waals surface area contributed by atoms with E-state index in [2.05, 4.69) is 17.5 Å². The first-order valence-corrected chi connectivity index (χ1v) is 16.7. The van der Waals surface area contributed by atoms with Crippen LogP contribution in [-0.4, -0.2) is 83.0 Å². The molecule has 3 aliphatic heterocycles. The molecular formula is C34H37ClF4N6O2. The number of halogens is 5. The van der Waals surface area contributed by atoms with Gasteiger partial charge in [0.2, 0.25) is 6.43 Å². The molecule has 1 amide bonds. The van der Waals surface area contributed by atoms with Gasteiger partial charge in [0.15, 0.2) is 12.0 Å². The highest BCUT2D eigenvalue weighted by molar-refractivity contribution is 6.31. The van der Waals surface area contributed by atoms with Crippen molar-refractivity contribution in [2.45, 2.75) is 81.0 Å². The second-order valence-corrected chi connectivity index (χ2v) is 14.1. The van der Waals surface area contributed by atoms with Crippen LogP contribution in [0.1, 0.15) is 67.1 Å². The summed E-state index contributed by atoms with van der Waals surface area (Å²) in [6, 6.07) is 7.03. The Morgan fingerprint density at radius 3 is 2.68 bits per heavy atom. The number of alkyl halides is 3. The lowest BCUT2D eigenvalue weighted by Gasteiger charge is -2.43. The van der Waals surface area contributed by atoms with Crippen LogP contribution in [0.2, 0.25) is 5.02 Å². The van der Waals surface area contributed by atoms with Gasteiger partial charge in [-0.3, -0.25) is 9.69 Å². The van der Waals surface area contributed by atoms with Gasteiger partial charge in [0.25, 0.3) is 5.91 Å². The monoisotopic (exact) mass is 672 g/mol. The van der Waals surface area contributed by atoms with E-state index in [-0.39, 0.29) is 44.4 Å². The van der Waals surface area contributed by atoms with Crippen LogP contribution in [0.25, 0.3) is 0 Å². The number of ether oxygens (including phenoxy) is 1. The molecule has 0 N–H and O–H groups in total. The van der Waals surface area contributed by atoms with Crippen molar-refractivity contribution in [2.24, 2.45) is 5.92 Å².